The van der Waals surface area contributed by atoms with Gasteiger partial charge in [-0.05, 0) is 23.7 Å². The van der Waals surface area contributed by atoms with Crippen molar-refractivity contribution in [3.8, 4) is 0 Å². The number of halogens is 1. The van der Waals surface area contributed by atoms with Crippen LogP contribution in [0.4, 0.5) is 0 Å². The highest BCUT2D eigenvalue weighted by molar-refractivity contribution is 7.89. The number of carbonyl (C=O) groups excluding carboxylic acids is 1. The predicted molar refractivity (Wildman–Crippen MR) is 52.5 cm³/mol. The zero-order valence-corrected chi connectivity index (χ0v) is 8.68. The highest BCUT2D eigenvalue weighted by Crippen LogP contribution is 2.06. The quantitative estimate of drug-likeness (QED) is 0.780. The minimum atomic E-state index is -3.61. The SMILES string of the molecule is O=C(Cl)CNS(=O)(=O)c1ccccc1. The lowest BCUT2D eigenvalue weighted by atomic mass is 10.4. The number of rotatable bonds is 4. The van der Waals surface area contributed by atoms with Crippen LogP contribution < -0.4 is 4.72 Å². The molecule has 0 amide bonds. The molecular weight excluding hydrogens is 226 g/mol. The minimum absolute atomic E-state index is 0.109. The highest BCUT2D eigenvalue weighted by atomic mass is 35.5. The van der Waals surface area contributed by atoms with Gasteiger partial charge in [0.25, 0.3) is 0 Å². The summed E-state index contributed by atoms with van der Waals surface area (Å²) in [7, 11) is -3.61. The molecule has 4 nitrogen and oxygen atoms in total. The average molecular weight is 234 g/mol. The molecule has 1 N–H and O–H groups in total. The number of carbonyl (C=O) groups is 1. The molecule has 0 aliphatic rings. The van der Waals surface area contributed by atoms with E-state index in [4.69, 9.17) is 11.6 Å². The fourth-order valence-corrected chi connectivity index (χ4v) is 1.98. The van der Waals surface area contributed by atoms with Gasteiger partial charge in [-0.25, -0.2) is 13.1 Å². The monoisotopic (exact) mass is 233 g/mol. The third kappa shape index (κ3) is 3.10. The Morgan fingerprint density at radius 1 is 1.29 bits per heavy atom. The van der Waals surface area contributed by atoms with E-state index >= 15 is 0 Å². The molecule has 0 fully saturated rings. The van der Waals surface area contributed by atoms with E-state index in [0.717, 1.165) is 0 Å². The summed E-state index contributed by atoms with van der Waals surface area (Å²) in [5.41, 5.74) is 0. The van der Waals surface area contributed by atoms with Crippen molar-refractivity contribution in [1.82, 2.24) is 4.72 Å². The smallest absolute Gasteiger partial charge is 0.241 e. The molecule has 0 saturated carbocycles. The van der Waals surface area contributed by atoms with E-state index in [-0.39, 0.29) is 4.90 Å². The maximum atomic E-state index is 11.4. The summed E-state index contributed by atoms with van der Waals surface area (Å²) in [5.74, 6) is 0. The summed E-state index contributed by atoms with van der Waals surface area (Å²) in [6.07, 6.45) is 0. The molecule has 0 unspecified atom stereocenters. The van der Waals surface area contributed by atoms with Crippen LogP contribution in [0.1, 0.15) is 0 Å². The van der Waals surface area contributed by atoms with Gasteiger partial charge in [-0.15, -0.1) is 0 Å². The summed E-state index contributed by atoms with van der Waals surface area (Å²) < 4.78 is 24.9. The molecule has 1 rings (SSSR count). The van der Waals surface area contributed by atoms with Crippen LogP contribution in [0.2, 0.25) is 0 Å². The maximum absolute atomic E-state index is 11.4. The Morgan fingerprint density at radius 3 is 2.36 bits per heavy atom. The van der Waals surface area contributed by atoms with Crippen molar-refractivity contribution in [1.29, 1.82) is 0 Å². The van der Waals surface area contributed by atoms with Crippen LogP contribution in [0.3, 0.4) is 0 Å². The summed E-state index contributed by atoms with van der Waals surface area (Å²) in [5, 5.41) is -0.746. The van der Waals surface area contributed by atoms with Gasteiger partial charge in [0.2, 0.25) is 15.3 Å². The fourth-order valence-electron chi connectivity index (χ4n) is 0.835. The van der Waals surface area contributed by atoms with Gasteiger partial charge in [-0.2, -0.15) is 0 Å². The second-order valence-corrected chi connectivity index (χ2v) is 4.68. The molecule has 0 atom stereocenters. The van der Waals surface area contributed by atoms with Crippen LogP contribution >= 0.6 is 11.6 Å². The van der Waals surface area contributed by atoms with Crippen molar-refractivity contribution in [3.63, 3.8) is 0 Å². The molecule has 1 aromatic carbocycles. The van der Waals surface area contributed by atoms with E-state index in [2.05, 4.69) is 4.72 Å². The molecule has 0 aliphatic carbocycles. The average Bonchev–Trinajstić information content (AvgIpc) is 2.16. The first-order valence-corrected chi connectivity index (χ1v) is 5.61. The Morgan fingerprint density at radius 2 is 1.86 bits per heavy atom. The van der Waals surface area contributed by atoms with E-state index in [9.17, 15) is 13.2 Å². The Kier molecular flexibility index (Phi) is 3.62. The van der Waals surface area contributed by atoms with Gasteiger partial charge in [-0.1, -0.05) is 18.2 Å². The molecular formula is C8H8ClNO3S. The summed E-state index contributed by atoms with van der Waals surface area (Å²) in [6.45, 7) is -0.404. The number of nitrogens with one attached hydrogen (secondary N) is 1. The molecule has 0 bridgehead atoms. The van der Waals surface area contributed by atoms with E-state index in [1.807, 2.05) is 0 Å². The summed E-state index contributed by atoms with van der Waals surface area (Å²) in [4.78, 5) is 10.5. The van der Waals surface area contributed by atoms with E-state index < -0.39 is 21.8 Å². The van der Waals surface area contributed by atoms with Crippen molar-refractivity contribution in [2.45, 2.75) is 4.90 Å². The Balaban J connectivity index is 2.82. The van der Waals surface area contributed by atoms with Crippen LogP contribution in [0.15, 0.2) is 35.2 Å². The second kappa shape index (κ2) is 4.54. The van der Waals surface area contributed by atoms with Crippen molar-refractivity contribution >= 4 is 26.9 Å². The van der Waals surface area contributed by atoms with E-state index in [0.29, 0.717) is 0 Å². The van der Waals surface area contributed by atoms with E-state index in [1.54, 1.807) is 18.2 Å². The highest BCUT2D eigenvalue weighted by Gasteiger charge is 2.13. The molecule has 0 saturated heterocycles. The lowest BCUT2D eigenvalue weighted by molar-refractivity contribution is -0.110. The standard InChI is InChI=1S/C8H8ClNO3S/c9-8(11)6-10-14(12,13)7-4-2-1-3-5-7/h1-5,10H,6H2. The maximum Gasteiger partial charge on any atom is 0.241 e. The fraction of sp³-hybridized carbons (Fsp3) is 0.125. The zero-order chi connectivity index (χ0) is 10.6. The van der Waals surface area contributed by atoms with Gasteiger partial charge >= 0.3 is 0 Å². The minimum Gasteiger partial charge on any atom is -0.280 e. The Hall–Kier alpha value is -0.910. The van der Waals surface area contributed by atoms with Crippen LogP contribution in [0, 0.1) is 0 Å². The predicted octanol–water partition coefficient (Wildman–Crippen LogP) is 0.730. The molecule has 0 aliphatic heterocycles. The molecule has 6 heteroatoms. The first-order chi connectivity index (χ1) is 6.52. The zero-order valence-electron chi connectivity index (χ0n) is 7.10. The van der Waals surface area contributed by atoms with Gasteiger partial charge in [-0.3, -0.25) is 4.79 Å². The Labute approximate surface area is 86.9 Å². The second-order valence-electron chi connectivity index (χ2n) is 2.49. The molecule has 0 spiro atoms. The number of hydrogen-bond acceptors (Lipinski definition) is 3. The number of hydrogen-bond donors (Lipinski definition) is 1. The lowest BCUT2D eigenvalue weighted by Gasteiger charge is -2.03. The van der Waals surface area contributed by atoms with Crippen molar-refractivity contribution in [2.75, 3.05) is 6.54 Å². The molecule has 76 valence electrons. The third-order valence-corrected chi connectivity index (χ3v) is 3.01. The van der Waals surface area contributed by atoms with Crippen LogP contribution in [-0.2, 0) is 14.8 Å². The third-order valence-electron chi connectivity index (χ3n) is 1.45. The Bertz CT molecular complexity index is 415. The van der Waals surface area contributed by atoms with Gasteiger partial charge < -0.3 is 0 Å². The number of sulfonamides is 1. The largest absolute Gasteiger partial charge is 0.280 e. The van der Waals surface area contributed by atoms with Gasteiger partial charge in [0.1, 0.15) is 0 Å². The van der Waals surface area contributed by atoms with Gasteiger partial charge in [0.15, 0.2) is 0 Å². The normalized spacial score (nSPS) is 11.2. The summed E-state index contributed by atoms with van der Waals surface area (Å²) in [6, 6.07) is 7.75. The molecule has 1 aromatic rings. The van der Waals surface area contributed by atoms with Crippen molar-refractivity contribution < 1.29 is 13.2 Å². The van der Waals surface area contributed by atoms with Crippen LogP contribution in [0.5, 0.6) is 0 Å². The molecule has 0 heterocycles. The summed E-state index contributed by atoms with van der Waals surface area (Å²) >= 11 is 5.01. The number of benzene rings is 1. The van der Waals surface area contributed by atoms with Crippen LogP contribution in [0.25, 0.3) is 0 Å². The molecule has 0 aromatic heterocycles. The first-order valence-electron chi connectivity index (χ1n) is 3.75. The van der Waals surface area contributed by atoms with Crippen LogP contribution in [-0.4, -0.2) is 20.2 Å². The molecule has 0 radical (unpaired) electrons. The first kappa shape index (κ1) is 11.2. The lowest BCUT2D eigenvalue weighted by Crippen LogP contribution is -2.27. The van der Waals surface area contributed by atoms with Gasteiger partial charge in [0.05, 0.1) is 11.4 Å². The topological polar surface area (TPSA) is 63.2 Å². The molecule has 14 heavy (non-hydrogen) atoms. The van der Waals surface area contributed by atoms with E-state index in [1.165, 1.54) is 12.1 Å². The van der Waals surface area contributed by atoms with Crippen molar-refractivity contribution in [3.05, 3.63) is 30.3 Å². The van der Waals surface area contributed by atoms with Crippen molar-refractivity contribution in [2.24, 2.45) is 0 Å². The van der Waals surface area contributed by atoms with Gasteiger partial charge in [0, 0.05) is 0 Å².